The Kier molecular flexibility index (Phi) is 12.0. The number of hydrogen-bond donors (Lipinski definition) is 0. The molecule has 1 heterocycles. The average molecular weight is 398 g/mol. The van der Waals surface area contributed by atoms with Crippen molar-refractivity contribution >= 4 is 16.9 Å². The van der Waals surface area contributed by atoms with Crippen LogP contribution in [0.2, 0.25) is 0 Å². The molecule has 2 rings (SSSR count). The van der Waals surface area contributed by atoms with E-state index in [0.29, 0.717) is 0 Å². The molecule has 0 radical (unpaired) electrons. The van der Waals surface area contributed by atoms with Crippen LogP contribution in [-0.2, 0) is 0 Å². The van der Waals surface area contributed by atoms with Gasteiger partial charge in [-0.15, -0.1) is 5.10 Å². The van der Waals surface area contributed by atoms with Crippen molar-refractivity contribution in [3.63, 3.8) is 0 Å². The smallest absolute Gasteiger partial charge is 0.267 e. The minimum absolute atomic E-state index is 0.121. The van der Waals surface area contributed by atoms with Crippen LogP contribution in [0.5, 0.6) is 0 Å². The van der Waals surface area contributed by atoms with Crippen LogP contribution in [0.4, 0.5) is 0 Å². The van der Waals surface area contributed by atoms with Gasteiger partial charge in [-0.2, -0.15) is 4.68 Å². The molecule has 1 aromatic carbocycles. The zero-order valence-corrected chi connectivity index (χ0v) is 18.3. The molecule has 0 unspecified atom stereocenters. The standard InChI is InChI=1S/C25H39N3O/c1-2-3-4-5-6-7-8-9-10-11-12-13-14-15-16-17-22-25(29)28-24-21-19-18-20-23(24)26-27-28/h17-22H,2-16H2,1H3/b22-17+. The summed E-state index contributed by atoms with van der Waals surface area (Å²) in [5.41, 5.74) is 1.51. The van der Waals surface area contributed by atoms with Crippen LogP contribution < -0.4 is 0 Å². The van der Waals surface area contributed by atoms with Crippen molar-refractivity contribution in [3.8, 4) is 0 Å². The Hall–Kier alpha value is -1.97. The highest BCUT2D eigenvalue weighted by Gasteiger charge is 2.07. The van der Waals surface area contributed by atoms with Gasteiger partial charge in [-0.1, -0.05) is 114 Å². The first-order chi connectivity index (χ1) is 14.3. The molecule has 0 saturated carbocycles. The van der Waals surface area contributed by atoms with Gasteiger partial charge in [0, 0.05) is 6.08 Å². The van der Waals surface area contributed by atoms with Crippen molar-refractivity contribution in [2.75, 3.05) is 0 Å². The van der Waals surface area contributed by atoms with Gasteiger partial charge in [-0.25, -0.2) is 0 Å². The number of carbonyl (C=O) groups is 1. The number of hydrogen-bond acceptors (Lipinski definition) is 3. The summed E-state index contributed by atoms with van der Waals surface area (Å²) in [4.78, 5) is 12.2. The molecule has 160 valence electrons. The molecule has 29 heavy (non-hydrogen) atoms. The van der Waals surface area contributed by atoms with Crippen LogP contribution in [0.1, 0.15) is 108 Å². The number of carbonyl (C=O) groups excluding carboxylic acids is 1. The Balaban J connectivity index is 1.42. The number of nitrogens with zero attached hydrogens (tertiary/aromatic N) is 3. The molecule has 0 atom stereocenters. The highest BCUT2D eigenvalue weighted by molar-refractivity contribution is 5.95. The Morgan fingerprint density at radius 3 is 2.00 bits per heavy atom. The van der Waals surface area contributed by atoms with Crippen LogP contribution >= 0.6 is 0 Å². The van der Waals surface area contributed by atoms with Gasteiger partial charge in [0.05, 0.1) is 5.52 Å². The van der Waals surface area contributed by atoms with Crippen molar-refractivity contribution in [1.29, 1.82) is 0 Å². The summed E-state index contributed by atoms with van der Waals surface area (Å²) in [6.07, 6.45) is 23.7. The minimum Gasteiger partial charge on any atom is -0.267 e. The lowest BCUT2D eigenvalue weighted by molar-refractivity contribution is 0.0957. The molecule has 0 bridgehead atoms. The molecule has 0 aliphatic rings. The summed E-state index contributed by atoms with van der Waals surface area (Å²) >= 11 is 0. The summed E-state index contributed by atoms with van der Waals surface area (Å²) in [6.45, 7) is 2.28. The SMILES string of the molecule is CCCCCCCCCCCCCCCC/C=C/C(=O)n1nnc2ccccc21. The highest BCUT2D eigenvalue weighted by Crippen LogP contribution is 2.14. The normalized spacial score (nSPS) is 11.6. The Labute approximate surface area is 176 Å². The minimum atomic E-state index is -0.121. The van der Waals surface area contributed by atoms with Crippen molar-refractivity contribution in [2.45, 2.75) is 103 Å². The molecular weight excluding hydrogens is 358 g/mol. The Morgan fingerprint density at radius 2 is 1.38 bits per heavy atom. The van der Waals surface area contributed by atoms with Crippen molar-refractivity contribution in [2.24, 2.45) is 0 Å². The second-order valence-corrected chi connectivity index (χ2v) is 8.12. The van der Waals surface area contributed by atoms with Gasteiger partial charge >= 0.3 is 0 Å². The third-order valence-electron chi connectivity index (χ3n) is 5.55. The summed E-state index contributed by atoms with van der Waals surface area (Å²) < 4.78 is 1.37. The lowest BCUT2D eigenvalue weighted by atomic mass is 10.0. The molecule has 4 heteroatoms. The van der Waals surface area contributed by atoms with E-state index in [-0.39, 0.29) is 5.91 Å². The van der Waals surface area contributed by atoms with Crippen LogP contribution in [0, 0.1) is 0 Å². The maximum Gasteiger partial charge on any atom is 0.272 e. The molecule has 0 aliphatic heterocycles. The van der Waals surface area contributed by atoms with Gasteiger partial charge in [-0.3, -0.25) is 4.79 Å². The Bertz CT molecular complexity index is 720. The highest BCUT2D eigenvalue weighted by atomic mass is 16.2. The number of benzene rings is 1. The van der Waals surface area contributed by atoms with Gasteiger partial charge in [0.25, 0.3) is 5.91 Å². The molecule has 0 saturated heterocycles. The Morgan fingerprint density at radius 1 is 0.828 bits per heavy atom. The number of rotatable bonds is 16. The third kappa shape index (κ3) is 9.38. The molecule has 0 aliphatic carbocycles. The summed E-state index contributed by atoms with van der Waals surface area (Å²) in [5.74, 6) is -0.121. The molecule has 2 aromatic rings. The van der Waals surface area contributed by atoms with E-state index in [1.54, 1.807) is 6.08 Å². The molecule has 0 N–H and O–H groups in total. The van der Waals surface area contributed by atoms with Crippen LogP contribution in [0.3, 0.4) is 0 Å². The molecule has 4 nitrogen and oxygen atoms in total. The fraction of sp³-hybridized carbons (Fsp3) is 0.640. The maximum atomic E-state index is 12.2. The zero-order valence-electron chi connectivity index (χ0n) is 18.3. The van der Waals surface area contributed by atoms with Crippen molar-refractivity contribution < 1.29 is 4.79 Å². The number of para-hydroxylation sites is 1. The van der Waals surface area contributed by atoms with E-state index in [0.717, 1.165) is 23.9 Å². The van der Waals surface area contributed by atoms with E-state index < -0.39 is 0 Å². The molecular formula is C25H39N3O. The van der Waals surface area contributed by atoms with Gasteiger partial charge < -0.3 is 0 Å². The van der Waals surface area contributed by atoms with E-state index >= 15 is 0 Å². The summed E-state index contributed by atoms with van der Waals surface area (Å²) in [5, 5.41) is 7.98. The van der Waals surface area contributed by atoms with Crippen LogP contribution in [0.15, 0.2) is 36.4 Å². The molecule has 1 aromatic heterocycles. The maximum absolute atomic E-state index is 12.2. The van der Waals surface area contributed by atoms with Gasteiger partial charge in [-0.05, 0) is 25.0 Å². The van der Waals surface area contributed by atoms with Crippen LogP contribution in [0.25, 0.3) is 11.0 Å². The number of fused-ring (bicyclic) bond motifs is 1. The number of allylic oxidation sites excluding steroid dienone is 2. The third-order valence-corrected chi connectivity index (χ3v) is 5.55. The molecule has 0 spiro atoms. The predicted octanol–water partition coefficient (Wildman–Crippen LogP) is 7.50. The fourth-order valence-electron chi connectivity index (χ4n) is 3.74. The lowest BCUT2D eigenvalue weighted by Gasteiger charge is -2.02. The van der Waals surface area contributed by atoms with E-state index in [2.05, 4.69) is 17.2 Å². The predicted molar refractivity (Wildman–Crippen MR) is 122 cm³/mol. The van der Waals surface area contributed by atoms with Crippen molar-refractivity contribution in [3.05, 3.63) is 36.4 Å². The van der Waals surface area contributed by atoms with E-state index in [1.807, 2.05) is 30.3 Å². The fourth-order valence-corrected chi connectivity index (χ4v) is 3.74. The second kappa shape index (κ2) is 14.9. The summed E-state index contributed by atoms with van der Waals surface area (Å²) in [6, 6.07) is 7.53. The first-order valence-corrected chi connectivity index (χ1v) is 11.8. The molecule has 0 amide bonds. The monoisotopic (exact) mass is 397 g/mol. The first-order valence-electron chi connectivity index (χ1n) is 11.8. The topological polar surface area (TPSA) is 47.8 Å². The van der Waals surface area contributed by atoms with E-state index in [1.165, 1.54) is 88.2 Å². The average Bonchev–Trinajstić information content (AvgIpc) is 3.17. The second-order valence-electron chi connectivity index (χ2n) is 8.12. The molecule has 0 fully saturated rings. The largest absolute Gasteiger partial charge is 0.272 e. The van der Waals surface area contributed by atoms with E-state index in [9.17, 15) is 4.79 Å². The number of unbranched alkanes of at least 4 members (excludes halogenated alkanes) is 14. The lowest BCUT2D eigenvalue weighted by Crippen LogP contribution is -2.08. The van der Waals surface area contributed by atoms with Gasteiger partial charge in [0.15, 0.2) is 0 Å². The van der Waals surface area contributed by atoms with Crippen molar-refractivity contribution in [1.82, 2.24) is 15.0 Å². The quantitative estimate of drug-likeness (QED) is 0.218. The van der Waals surface area contributed by atoms with E-state index in [4.69, 9.17) is 0 Å². The number of aromatic nitrogens is 3. The first kappa shape index (κ1) is 23.3. The van der Waals surface area contributed by atoms with Gasteiger partial charge in [0.2, 0.25) is 0 Å². The summed E-state index contributed by atoms with van der Waals surface area (Å²) in [7, 11) is 0. The van der Waals surface area contributed by atoms with Crippen LogP contribution in [-0.4, -0.2) is 20.9 Å². The van der Waals surface area contributed by atoms with Gasteiger partial charge in [0.1, 0.15) is 5.52 Å². The zero-order chi connectivity index (χ0) is 20.6.